The number of halogens is 1. The molecule has 0 unspecified atom stereocenters. The molecule has 0 spiro atoms. The van der Waals surface area contributed by atoms with Gasteiger partial charge in [0.2, 0.25) is 5.79 Å². The number of rotatable bonds is 2. The van der Waals surface area contributed by atoms with Crippen molar-refractivity contribution in [1.82, 2.24) is 0 Å². The average molecular weight is 273 g/mol. The van der Waals surface area contributed by atoms with Gasteiger partial charge in [0.15, 0.2) is 0 Å². The number of alkyl halides is 1. The summed E-state index contributed by atoms with van der Waals surface area (Å²) in [5, 5.41) is 0. The van der Waals surface area contributed by atoms with Crippen LogP contribution in [0.4, 0.5) is 0 Å². The Labute approximate surface area is 116 Å². The first-order valence-corrected chi connectivity index (χ1v) is 7.21. The highest BCUT2D eigenvalue weighted by Crippen LogP contribution is 2.32. The minimum absolute atomic E-state index is 0.329. The molecule has 3 heteroatoms. The van der Waals surface area contributed by atoms with Gasteiger partial charge >= 0.3 is 0 Å². The zero-order valence-corrected chi connectivity index (χ0v) is 12.9. The molecule has 1 aliphatic heterocycles. The van der Waals surface area contributed by atoms with E-state index in [1.165, 1.54) is 5.56 Å². The van der Waals surface area contributed by atoms with E-state index in [4.69, 9.17) is 21.1 Å². The summed E-state index contributed by atoms with van der Waals surface area (Å²) in [6.07, 6.45) is 0. The topological polar surface area (TPSA) is 18.5 Å². The summed E-state index contributed by atoms with van der Waals surface area (Å²) in [6.45, 7) is 11.3. The molecule has 2 rings (SSSR count). The quantitative estimate of drug-likeness (QED) is 0.739. The Kier molecular flexibility index (Phi) is 9.08. The molecule has 0 aliphatic carbocycles. The van der Waals surface area contributed by atoms with Crippen LogP contribution in [0.5, 0.6) is 0 Å². The largest absolute Gasteiger partial charge is 0.342 e. The molecule has 104 valence electrons. The van der Waals surface area contributed by atoms with Gasteiger partial charge in [0, 0.05) is 5.56 Å². The third kappa shape index (κ3) is 4.27. The Hall–Kier alpha value is -0.570. The molecule has 2 nitrogen and oxygen atoms in total. The predicted octanol–water partition coefficient (Wildman–Crippen LogP) is 4.49. The van der Waals surface area contributed by atoms with Crippen LogP contribution in [0.2, 0.25) is 0 Å². The molecule has 0 atom stereocenters. The molecule has 0 saturated carbocycles. The summed E-state index contributed by atoms with van der Waals surface area (Å²) in [7, 11) is 0. The van der Waals surface area contributed by atoms with Crippen LogP contribution in [-0.4, -0.2) is 19.1 Å². The van der Waals surface area contributed by atoms with Crippen molar-refractivity contribution in [3.05, 3.63) is 35.4 Å². The summed E-state index contributed by atoms with van der Waals surface area (Å²) in [4.78, 5) is 0. The van der Waals surface area contributed by atoms with Crippen molar-refractivity contribution in [3.63, 3.8) is 0 Å². The van der Waals surface area contributed by atoms with Crippen molar-refractivity contribution in [2.45, 2.75) is 40.4 Å². The Bertz CT molecular complexity index is 303. The van der Waals surface area contributed by atoms with Gasteiger partial charge in [-0.25, -0.2) is 0 Å². The number of aryl methyl sites for hydroxylation is 1. The lowest BCUT2D eigenvalue weighted by atomic mass is 10.1. The summed E-state index contributed by atoms with van der Waals surface area (Å²) >= 11 is 5.89. The normalized spacial score (nSPS) is 16.1. The van der Waals surface area contributed by atoms with Gasteiger partial charge in [-0.2, -0.15) is 0 Å². The summed E-state index contributed by atoms with van der Waals surface area (Å²) < 4.78 is 11.1. The number of hydrogen-bond donors (Lipinski definition) is 0. The summed E-state index contributed by atoms with van der Waals surface area (Å²) in [5.41, 5.74) is 2.21. The van der Waals surface area contributed by atoms with E-state index in [0.29, 0.717) is 19.1 Å². The monoisotopic (exact) mass is 272 g/mol. The Morgan fingerprint density at radius 3 is 1.83 bits per heavy atom. The third-order valence-corrected chi connectivity index (χ3v) is 2.77. The Morgan fingerprint density at radius 2 is 1.44 bits per heavy atom. The SMILES string of the molecule is CC.CC.Cc1ccc(C2(CCl)OCCO2)cc1. The molecule has 1 aromatic carbocycles. The molecular formula is C15H25ClO2. The standard InChI is InChI=1S/C11H13ClO2.2C2H6/c1-9-2-4-10(5-3-9)11(8-12)13-6-7-14-11;2*1-2/h2-5H,6-8H2,1H3;2*1-2H3. The lowest BCUT2D eigenvalue weighted by molar-refractivity contribution is -0.146. The minimum atomic E-state index is -0.713. The van der Waals surface area contributed by atoms with Crippen molar-refractivity contribution in [2.24, 2.45) is 0 Å². The van der Waals surface area contributed by atoms with Crippen molar-refractivity contribution in [2.75, 3.05) is 19.1 Å². The van der Waals surface area contributed by atoms with Gasteiger partial charge in [0.25, 0.3) is 0 Å². The van der Waals surface area contributed by atoms with Gasteiger partial charge in [0.1, 0.15) is 0 Å². The van der Waals surface area contributed by atoms with Crippen molar-refractivity contribution in [3.8, 4) is 0 Å². The second-order valence-electron chi connectivity index (χ2n) is 3.45. The molecule has 1 aliphatic rings. The molecule has 1 fully saturated rings. The Balaban J connectivity index is 0.000000659. The molecule has 0 N–H and O–H groups in total. The molecule has 0 bridgehead atoms. The molecule has 1 saturated heterocycles. The first-order valence-electron chi connectivity index (χ1n) is 6.68. The maximum Gasteiger partial charge on any atom is 0.208 e. The maximum atomic E-state index is 5.89. The zero-order chi connectivity index (χ0) is 14.0. The van der Waals surface area contributed by atoms with E-state index in [2.05, 4.69) is 0 Å². The minimum Gasteiger partial charge on any atom is -0.342 e. The van der Waals surface area contributed by atoms with Crippen molar-refractivity contribution in [1.29, 1.82) is 0 Å². The lowest BCUT2D eigenvalue weighted by Crippen LogP contribution is -2.29. The second kappa shape index (κ2) is 9.37. The fourth-order valence-electron chi connectivity index (χ4n) is 1.58. The highest BCUT2D eigenvalue weighted by molar-refractivity contribution is 6.18. The smallest absolute Gasteiger partial charge is 0.208 e. The van der Waals surface area contributed by atoms with Gasteiger partial charge < -0.3 is 9.47 Å². The zero-order valence-electron chi connectivity index (χ0n) is 12.1. The summed E-state index contributed by atoms with van der Waals surface area (Å²) in [6, 6.07) is 8.08. The van der Waals surface area contributed by atoms with Crippen LogP contribution < -0.4 is 0 Å². The number of ether oxygens (including phenoxy) is 2. The highest BCUT2D eigenvalue weighted by atomic mass is 35.5. The molecular weight excluding hydrogens is 248 g/mol. The maximum absolute atomic E-state index is 5.89. The van der Waals surface area contributed by atoms with Gasteiger partial charge in [-0.05, 0) is 6.92 Å². The Morgan fingerprint density at radius 1 is 1.00 bits per heavy atom. The van der Waals surface area contributed by atoms with E-state index in [-0.39, 0.29) is 0 Å². The molecule has 1 heterocycles. The molecule has 0 aromatic heterocycles. The van der Waals surface area contributed by atoms with Crippen LogP contribution in [0.1, 0.15) is 38.8 Å². The fraction of sp³-hybridized carbons (Fsp3) is 0.600. The van der Waals surface area contributed by atoms with Gasteiger partial charge in [-0.1, -0.05) is 57.5 Å². The van der Waals surface area contributed by atoms with Crippen LogP contribution in [-0.2, 0) is 15.3 Å². The van der Waals surface area contributed by atoms with Crippen LogP contribution in [0.3, 0.4) is 0 Å². The fourth-order valence-corrected chi connectivity index (χ4v) is 1.89. The number of benzene rings is 1. The molecule has 1 aromatic rings. The van der Waals surface area contributed by atoms with E-state index in [1.54, 1.807) is 0 Å². The average Bonchev–Trinajstić information content (AvgIpc) is 2.94. The first-order chi connectivity index (χ1) is 8.77. The summed E-state index contributed by atoms with van der Waals surface area (Å²) in [5.74, 6) is -0.384. The van der Waals surface area contributed by atoms with Gasteiger partial charge in [-0.3, -0.25) is 0 Å². The second-order valence-corrected chi connectivity index (χ2v) is 3.72. The predicted molar refractivity (Wildman–Crippen MR) is 78.2 cm³/mol. The van der Waals surface area contributed by atoms with Crippen LogP contribution >= 0.6 is 11.6 Å². The van der Waals surface area contributed by atoms with Crippen LogP contribution in [0, 0.1) is 6.92 Å². The molecule has 18 heavy (non-hydrogen) atoms. The number of hydrogen-bond acceptors (Lipinski definition) is 2. The molecule has 0 amide bonds. The van der Waals surface area contributed by atoms with E-state index < -0.39 is 5.79 Å². The first kappa shape index (κ1) is 17.4. The van der Waals surface area contributed by atoms with Crippen LogP contribution in [0.25, 0.3) is 0 Å². The van der Waals surface area contributed by atoms with E-state index in [1.807, 2.05) is 58.9 Å². The third-order valence-electron chi connectivity index (χ3n) is 2.42. The van der Waals surface area contributed by atoms with Crippen molar-refractivity contribution >= 4 is 11.6 Å². The van der Waals surface area contributed by atoms with Gasteiger partial charge in [0.05, 0.1) is 19.1 Å². The molecule has 0 radical (unpaired) electrons. The highest BCUT2D eigenvalue weighted by Gasteiger charge is 2.37. The van der Waals surface area contributed by atoms with Crippen molar-refractivity contribution < 1.29 is 9.47 Å². The van der Waals surface area contributed by atoms with Gasteiger partial charge in [-0.15, -0.1) is 11.6 Å². The van der Waals surface area contributed by atoms with E-state index in [9.17, 15) is 0 Å². The van der Waals surface area contributed by atoms with E-state index in [0.717, 1.165) is 5.56 Å². The van der Waals surface area contributed by atoms with Crippen LogP contribution in [0.15, 0.2) is 24.3 Å². The van der Waals surface area contributed by atoms with E-state index >= 15 is 0 Å². The lowest BCUT2D eigenvalue weighted by Gasteiger charge is -2.25.